The second-order valence-corrected chi connectivity index (χ2v) is 7.46. The number of pyridine rings is 1. The van der Waals surface area contributed by atoms with E-state index in [1.54, 1.807) is 12.1 Å². The Labute approximate surface area is 164 Å². The van der Waals surface area contributed by atoms with Gasteiger partial charge in [-0.1, -0.05) is 6.92 Å². The molecule has 8 nitrogen and oxygen atoms in total. The molecular weight excluding hydrogens is 356 g/mol. The summed E-state index contributed by atoms with van der Waals surface area (Å²) < 4.78 is 0. The minimum Gasteiger partial charge on any atom is -0.355 e. The lowest BCUT2D eigenvalue weighted by Crippen LogP contribution is -2.50. The highest BCUT2D eigenvalue weighted by atomic mass is 16.6. The quantitative estimate of drug-likeness (QED) is 0.593. The minimum absolute atomic E-state index is 0.0222. The van der Waals surface area contributed by atoms with E-state index in [-0.39, 0.29) is 5.69 Å². The molecule has 8 heteroatoms. The molecule has 1 unspecified atom stereocenters. The smallest absolute Gasteiger partial charge is 0.270 e. The SMILES string of the molecule is CCN1CCN(C2CCN(c3cc(C#N)c4cc([N+](=O)[O-])ccc4n3)C2)CC1. The van der Waals surface area contributed by atoms with Gasteiger partial charge in [-0.15, -0.1) is 0 Å². The third-order valence-corrected chi connectivity index (χ3v) is 5.97. The summed E-state index contributed by atoms with van der Waals surface area (Å²) in [5.74, 6) is 0.785. The number of non-ortho nitro benzene ring substituents is 1. The van der Waals surface area contributed by atoms with Crippen molar-refractivity contribution in [3.63, 3.8) is 0 Å². The lowest BCUT2D eigenvalue weighted by molar-refractivity contribution is -0.384. The molecule has 1 aromatic carbocycles. The van der Waals surface area contributed by atoms with Gasteiger partial charge in [-0.25, -0.2) is 4.98 Å². The number of rotatable bonds is 4. The molecule has 1 aromatic heterocycles. The molecule has 2 saturated heterocycles. The van der Waals surface area contributed by atoms with E-state index in [2.05, 4.69) is 27.7 Å². The Morgan fingerprint density at radius 1 is 1.25 bits per heavy atom. The van der Waals surface area contributed by atoms with Crippen molar-refractivity contribution in [3.05, 3.63) is 39.9 Å². The summed E-state index contributed by atoms with van der Waals surface area (Å²) in [5, 5.41) is 21.1. The zero-order valence-electron chi connectivity index (χ0n) is 16.0. The first-order valence-corrected chi connectivity index (χ1v) is 9.79. The number of nitrogens with zero attached hydrogens (tertiary/aromatic N) is 6. The van der Waals surface area contributed by atoms with Crippen molar-refractivity contribution < 1.29 is 4.92 Å². The third-order valence-electron chi connectivity index (χ3n) is 5.97. The average Bonchev–Trinajstić information content (AvgIpc) is 3.22. The maximum absolute atomic E-state index is 11.0. The third kappa shape index (κ3) is 3.51. The predicted octanol–water partition coefficient (Wildman–Crippen LogP) is 2.23. The van der Waals surface area contributed by atoms with Gasteiger partial charge in [-0.2, -0.15) is 5.26 Å². The van der Waals surface area contributed by atoms with E-state index in [9.17, 15) is 15.4 Å². The number of likely N-dealkylation sites (N-methyl/N-ethyl adjacent to an activating group) is 1. The molecule has 3 heterocycles. The van der Waals surface area contributed by atoms with Gasteiger partial charge in [0.25, 0.3) is 5.69 Å². The zero-order chi connectivity index (χ0) is 19.7. The van der Waals surface area contributed by atoms with Crippen LogP contribution in [0, 0.1) is 21.4 Å². The number of nitro groups is 1. The zero-order valence-corrected chi connectivity index (χ0v) is 16.0. The van der Waals surface area contributed by atoms with Gasteiger partial charge in [-0.3, -0.25) is 15.0 Å². The lowest BCUT2D eigenvalue weighted by Gasteiger charge is -2.37. The molecule has 0 amide bonds. The van der Waals surface area contributed by atoms with E-state index in [1.165, 1.54) is 12.1 Å². The van der Waals surface area contributed by atoms with Crippen LogP contribution in [0.5, 0.6) is 0 Å². The molecule has 1 atom stereocenters. The fraction of sp³-hybridized carbons (Fsp3) is 0.500. The van der Waals surface area contributed by atoms with E-state index in [0.29, 0.717) is 22.5 Å². The summed E-state index contributed by atoms with van der Waals surface area (Å²) >= 11 is 0. The maximum Gasteiger partial charge on any atom is 0.270 e. The van der Waals surface area contributed by atoms with Gasteiger partial charge >= 0.3 is 0 Å². The summed E-state index contributed by atoms with van der Waals surface area (Å²) in [7, 11) is 0. The molecule has 146 valence electrons. The molecule has 0 N–H and O–H groups in total. The van der Waals surface area contributed by atoms with E-state index in [0.717, 1.165) is 58.1 Å². The molecule has 0 radical (unpaired) electrons. The van der Waals surface area contributed by atoms with Crippen molar-refractivity contribution >= 4 is 22.4 Å². The van der Waals surface area contributed by atoms with Gasteiger partial charge in [0.2, 0.25) is 0 Å². The van der Waals surface area contributed by atoms with E-state index in [4.69, 9.17) is 4.98 Å². The van der Waals surface area contributed by atoms with Crippen molar-refractivity contribution in [2.24, 2.45) is 0 Å². The van der Waals surface area contributed by atoms with E-state index >= 15 is 0 Å². The second-order valence-electron chi connectivity index (χ2n) is 7.46. The number of piperazine rings is 1. The van der Waals surface area contributed by atoms with Crippen LogP contribution in [0.15, 0.2) is 24.3 Å². The van der Waals surface area contributed by atoms with Crippen LogP contribution in [-0.4, -0.2) is 71.6 Å². The van der Waals surface area contributed by atoms with Crippen molar-refractivity contribution in [1.29, 1.82) is 5.26 Å². The molecule has 0 bridgehead atoms. The number of fused-ring (bicyclic) bond motifs is 1. The average molecular weight is 380 g/mol. The molecule has 0 saturated carbocycles. The Kier molecular flexibility index (Phi) is 5.11. The van der Waals surface area contributed by atoms with Gasteiger partial charge in [0.15, 0.2) is 0 Å². The van der Waals surface area contributed by atoms with Crippen LogP contribution in [-0.2, 0) is 0 Å². The Balaban J connectivity index is 1.54. The summed E-state index contributed by atoms with van der Waals surface area (Å²) in [6, 6.07) is 8.97. The van der Waals surface area contributed by atoms with Crippen molar-refractivity contribution in [3.8, 4) is 6.07 Å². The summed E-state index contributed by atoms with van der Waals surface area (Å²) in [5.41, 5.74) is 1.04. The number of nitro benzene ring substituents is 1. The Morgan fingerprint density at radius 2 is 2.04 bits per heavy atom. The van der Waals surface area contributed by atoms with Crippen LogP contribution < -0.4 is 4.90 Å². The molecule has 0 aliphatic carbocycles. The number of nitriles is 1. The summed E-state index contributed by atoms with van der Waals surface area (Å²) in [6.45, 7) is 9.59. The first-order valence-electron chi connectivity index (χ1n) is 9.79. The van der Waals surface area contributed by atoms with Crippen molar-refractivity contribution in [2.75, 3.05) is 50.7 Å². The number of hydrogen-bond donors (Lipinski definition) is 0. The van der Waals surface area contributed by atoms with Crippen LogP contribution in [0.2, 0.25) is 0 Å². The van der Waals surface area contributed by atoms with Crippen LogP contribution in [0.4, 0.5) is 11.5 Å². The highest BCUT2D eigenvalue weighted by Gasteiger charge is 2.30. The Morgan fingerprint density at radius 3 is 2.71 bits per heavy atom. The fourth-order valence-electron chi connectivity index (χ4n) is 4.26. The molecule has 0 spiro atoms. The summed E-state index contributed by atoms with van der Waals surface area (Å²) in [6.07, 6.45) is 1.09. The maximum atomic E-state index is 11.0. The fourth-order valence-corrected chi connectivity index (χ4v) is 4.26. The first kappa shape index (κ1) is 18.6. The monoisotopic (exact) mass is 380 g/mol. The predicted molar refractivity (Wildman–Crippen MR) is 107 cm³/mol. The normalized spacial score (nSPS) is 21.1. The highest BCUT2D eigenvalue weighted by Crippen LogP contribution is 2.29. The Hall–Kier alpha value is -2.76. The van der Waals surface area contributed by atoms with Gasteiger partial charge in [0.05, 0.1) is 22.1 Å². The topological polar surface area (TPSA) is 89.5 Å². The summed E-state index contributed by atoms with van der Waals surface area (Å²) in [4.78, 5) is 22.6. The lowest BCUT2D eigenvalue weighted by atomic mass is 10.1. The van der Waals surface area contributed by atoms with Gasteiger partial charge < -0.3 is 9.80 Å². The number of aromatic nitrogens is 1. The largest absolute Gasteiger partial charge is 0.355 e. The van der Waals surface area contributed by atoms with Crippen LogP contribution >= 0.6 is 0 Å². The van der Waals surface area contributed by atoms with Gasteiger partial charge in [0.1, 0.15) is 5.82 Å². The Bertz CT molecular complexity index is 932. The van der Waals surface area contributed by atoms with Crippen molar-refractivity contribution in [1.82, 2.24) is 14.8 Å². The minimum atomic E-state index is -0.447. The van der Waals surface area contributed by atoms with Crippen LogP contribution in [0.3, 0.4) is 0 Å². The van der Waals surface area contributed by atoms with Gasteiger partial charge in [0, 0.05) is 62.8 Å². The van der Waals surface area contributed by atoms with E-state index < -0.39 is 4.92 Å². The molecule has 2 fully saturated rings. The van der Waals surface area contributed by atoms with Crippen molar-refractivity contribution in [2.45, 2.75) is 19.4 Å². The number of benzene rings is 1. The second kappa shape index (κ2) is 7.70. The number of hydrogen-bond acceptors (Lipinski definition) is 7. The van der Waals surface area contributed by atoms with Gasteiger partial charge in [-0.05, 0) is 25.1 Å². The standard InChI is InChI=1S/C20H24N6O2/c1-2-23-7-9-24(10-8-23)17-5-6-25(14-17)20-11-15(13-21)18-12-16(26(27)28)3-4-19(18)22-20/h3-4,11-12,17H,2,5-10,14H2,1H3. The molecule has 2 aliphatic rings. The van der Waals surface area contributed by atoms with E-state index in [1.807, 2.05) is 0 Å². The molecule has 2 aliphatic heterocycles. The molecule has 4 rings (SSSR count). The highest BCUT2D eigenvalue weighted by molar-refractivity contribution is 5.88. The first-order chi connectivity index (χ1) is 13.6. The number of anilines is 1. The molecule has 28 heavy (non-hydrogen) atoms. The van der Waals surface area contributed by atoms with Crippen LogP contribution in [0.25, 0.3) is 10.9 Å². The van der Waals surface area contributed by atoms with Crippen LogP contribution in [0.1, 0.15) is 18.9 Å². The molecule has 2 aromatic rings. The molecular formula is C20H24N6O2.